The Balaban J connectivity index is 2.30. The van der Waals surface area contributed by atoms with Crippen LogP contribution >= 0.6 is 0 Å². The minimum Gasteiger partial charge on any atom is -0.393 e. The first-order chi connectivity index (χ1) is 8.50. The molecule has 4 atom stereocenters. The molecule has 0 spiro atoms. The van der Waals surface area contributed by atoms with Gasteiger partial charge in [0.15, 0.2) is 0 Å². The number of hydrogen-bond donors (Lipinski definition) is 1. The maximum atomic E-state index is 10.9. The Morgan fingerprint density at radius 2 is 2.28 bits per heavy atom. The molecule has 98 valence electrons. The molecular formula is C12H16N2O4. The second-order valence-electron chi connectivity index (χ2n) is 4.68. The Morgan fingerprint density at radius 1 is 1.56 bits per heavy atom. The number of aliphatic hydroxyl groups is 1. The zero-order chi connectivity index (χ0) is 13.3. The Morgan fingerprint density at radius 3 is 2.89 bits per heavy atom. The summed E-state index contributed by atoms with van der Waals surface area (Å²) in [5.41, 5.74) is 0.421. The van der Waals surface area contributed by atoms with Gasteiger partial charge in [0.25, 0.3) is 5.69 Å². The molecule has 1 aliphatic heterocycles. The molecule has 0 bridgehead atoms. The van der Waals surface area contributed by atoms with Crippen molar-refractivity contribution in [3.8, 4) is 0 Å². The zero-order valence-corrected chi connectivity index (χ0v) is 10.3. The number of rotatable bonds is 2. The van der Waals surface area contributed by atoms with Gasteiger partial charge in [0, 0.05) is 18.5 Å². The molecule has 6 nitrogen and oxygen atoms in total. The lowest BCUT2D eigenvalue weighted by atomic mass is 9.88. The molecule has 6 heteroatoms. The van der Waals surface area contributed by atoms with E-state index in [0.29, 0.717) is 12.0 Å². The lowest BCUT2D eigenvalue weighted by Gasteiger charge is -2.36. The predicted octanol–water partition coefficient (Wildman–Crippen LogP) is 1.84. The van der Waals surface area contributed by atoms with E-state index < -0.39 is 17.1 Å². The van der Waals surface area contributed by atoms with Crippen molar-refractivity contribution in [2.75, 3.05) is 0 Å². The van der Waals surface area contributed by atoms with Crippen molar-refractivity contribution in [3.05, 3.63) is 34.1 Å². The van der Waals surface area contributed by atoms with Gasteiger partial charge in [-0.1, -0.05) is 6.92 Å². The molecule has 2 rings (SSSR count). The van der Waals surface area contributed by atoms with Crippen LogP contribution in [0.1, 0.15) is 31.9 Å². The van der Waals surface area contributed by atoms with E-state index in [9.17, 15) is 15.2 Å². The standard InChI is InChI=1S/C12H16N2O4/c1-7-8(2)18-12(5-11(7)15)9-3-4-13-6-10(9)14(16)17/h3-4,6-8,11-12,15H,5H2,1-2H3/t7-,8-,11?,12-/m1/s1. The fraction of sp³-hybridized carbons (Fsp3) is 0.583. The molecule has 1 aliphatic rings. The van der Waals surface area contributed by atoms with Gasteiger partial charge in [-0.3, -0.25) is 15.1 Å². The fourth-order valence-electron chi connectivity index (χ4n) is 2.21. The summed E-state index contributed by atoms with van der Waals surface area (Å²) in [4.78, 5) is 14.2. The van der Waals surface area contributed by atoms with Gasteiger partial charge in [-0.15, -0.1) is 0 Å². The average Bonchev–Trinajstić information content (AvgIpc) is 2.35. The summed E-state index contributed by atoms with van der Waals surface area (Å²) < 4.78 is 5.75. The minimum absolute atomic E-state index is 0.0298. The molecule has 1 unspecified atom stereocenters. The normalized spacial score (nSPS) is 32.2. The van der Waals surface area contributed by atoms with Crippen LogP contribution in [-0.2, 0) is 4.74 Å². The second-order valence-corrected chi connectivity index (χ2v) is 4.68. The van der Waals surface area contributed by atoms with E-state index in [1.54, 1.807) is 6.07 Å². The first-order valence-electron chi connectivity index (χ1n) is 5.92. The quantitative estimate of drug-likeness (QED) is 0.641. The predicted molar refractivity (Wildman–Crippen MR) is 64.0 cm³/mol. The summed E-state index contributed by atoms with van der Waals surface area (Å²) in [6.07, 6.45) is 2.00. The zero-order valence-electron chi connectivity index (χ0n) is 10.3. The van der Waals surface area contributed by atoms with Crippen LogP contribution in [0.15, 0.2) is 18.5 Å². The van der Waals surface area contributed by atoms with Crippen molar-refractivity contribution in [3.63, 3.8) is 0 Å². The third-order valence-corrected chi connectivity index (χ3v) is 3.56. The third kappa shape index (κ3) is 2.34. The molecule has 1 N–H and O–H groups in total. The number of aromatic nitrogens is 1. The van der Waals surface area contributed by atoms with Gasteiger partial charge in [0.05, 0.1) is 28.8 Å². The maximum absolute atomic E-state index is 10.9. The third-order valence-electron chi connectivity index (χ3n) is 3.56. The molecule has 1 fully saturated rings. The minimum atomic E-state index is -0.508. The number of hydrogen-bond acceptors (Lipinski definition) is 5. The lowest BCUT2D eigenvalue weighted by Crippen LogP contribution is -2.37. The molecule has 1 aromatic heterocycles. The van der Waals surface area contributed by atoms with Gasteiger partial charge in [0.2, 0.25) is 0 Å². The number of nitrogens with zero attached hydrogens (tertiary/aromatic N) is 2. The summed E-state index contributed by atoms with van der Waals surface area (Å²) >= 11 is 0. The molecule has 0 aliphatic carbocycles. The van der Waals surface area contributed by atoms with Gasteiger partial charge in [-0.05, 0) is 13.0 Å². The van der Waals surface area contributed by atoms with E-state index in [-0.39, 0.29) is 17.7 Å². The monoisotopic (exact) mass is 252 g/mol. The van der Waals surface area contributed by atoms with E-state index in [0.717, 1.165) is 0 Å². The number of nitro groups is 1. The van der Waals surface area contributed by atoms with E-state index in [4.69, 9.17) is 4.74 Å². The molecular weight excluding hydrogens is 236 g/mol. The van der Waals surface area contributed by atoms with Crippen LogP contribution in [0, 0.1) is 16.0 Å². The Kier molecular flexibility index (Phi) is 3.58. The Labute approximate surface area is 105 Å². The van der Waals surface area contributed by atoms with E-state index in [1.807, 2.05) is 13.8 Å². The summed E-state index contributed by atoms with van der Waals surface area (Å²) in [5.74, 6) is 0.0298. The van der Waals surface area contributed by atoms with Crippen LogP contribution in [0.5, 0.6) is 0 Å². The van der Waals surface area contributed by atoms with E-state index in [1.165, 1.54) is 12.4 Å². The SMILES string of the molecule is C[C@H]1O[C@@H](c2ccncc2[N+](=O)[O-])CC(O)[C@@H]1C. The van der Waals surface area contributed by atoms with Gasteiger partial charge < -0.3 is 9.84 Å². The first kappa shape index (κ1) is 12.9. The van der Waals surface area contributed by atoms with Gasteiger partial charge in [-0.25, -0.2) is 0 Å². The van der Waals surface area contributed by atoms with Crippen LogP contribution in [-0.4, -0.2) is 27.2 Å². The van der Waals surface area contributed by atoms with Crippen LogP contribution in [0.4, 0.5) is 5.69 Å². The summed E-state index contributed by atoms with van der Waals surface area (Å²) in [6, 6.07) is 1.58. The van der Waals surface area contributed by atoms with Crippen molar-refractivity contribution in [2.24, 2.45) is 5.92 Å². The lowest BCUT2D eigenvalue weighted by molar-refractivity contribution is -0.386. The molecule has 0 amide bonds. The molecule has 18 heavy (non-hydrogen) atoms. The first-order valence-corrected chi connectivity index (χ1v) is 5.92. The van der Waals surface area contributed by atoms with Crippen molar-refractivity contribution in [1.29, 1.82) is 0 Å². The van der Waals surface area contributed by atoms with Crippen molar-refractivity contribution in [2.45, 2.75) is 38.6 Å². The highest BCUT2D eigenvalue weighted by Crippen LogP contribution is 2.37. The molecule has 0 radical (unpaired) electrons. The van der Waals surface area contributed by atoms with Crippen LogP contribution in [0.3, 0.4) is 0 Å². The Hall–Kier alpha value is -1.53. The topological polar surface area (TPSA) is 85.5 Å². The Bertz CT molecular complexity index is 439. The van der Waals surface area contributed by atoms with Crippen molar-refractivity contribution in [1.82, 2.24) is 4.98 Å². The largest absolute Gasteiger partial charge is 0.393 e. The van der Waals surface area contributed by atoms with Crippen molar-refractivity contribution >= 4 is 5.69 Å². The molecule has 0 saturated carbocycles. The highest BCUT2D eigenvalue weighted by atomic mass is 16.6. The fourth-order valence-corrected chi connectivity index (χ4v) is 2.21. The molecule has 2 heterocycles. The highest BCUT2D eigenvalue weighted by Gasteiger charge is 2.35. The number of pyridine rings is 1. The highest BCUT2D eigenvalue weighted by molar-refractivity contribution is 5.38. The van der Waals surface area contributed by atoms with Crippen LogP contribution < -0.4 is 0 Å². The average molecular weight is 252 g/mol. The molecule has 1 aromatic rings. The van der Waals surface area contributed by atoms with Gasteiger partial charge in [0.1, 0.15) is 6.20 Å². The van der Waals surface area contributed by atoms with E-state index >= 15 is 0 Å². The summed E-state index contributed by atoms with van der Waals surface area (Å²) in [6.45, 7) is 3.78. The van der Waals surface area contributed by atoms with Gasteiger partial charge in [-0.2, -0.15) is 0 Å². The maximum Gasteiger partial charge on any atom is 0.293 e. The van der Waals surface area contributed by atoms with Crippen LogP contribution in [0.2, 0.25) is 0 Å². The molecule has 0 aromatic carbocycles. The smallest absolute Gasteiger partial charge is 0.293 e. The summed E-state index contributed by atoms with van der Waals surface area (Å²) in [7, 11) is 0. The summed E-state index contributed by atoms with van der Waals surface area (Å²) in [5, 5.41) is 20.9. The van der Waals surface area contributed by atoms with Crippen LogP contribution in [0.25, 0.3) is 0 Å². The number of ether oxygens (including phenoxy) is 1. The van der Waals surface area contributed by atoms with E-state index in [2.05, 4.69) is 4.98 Å². The van der Waals surface area contributed by atoms with Gasteiger partial charge >= 0.3 is 0 Å². The number of aliphatic hydroxyl groups excluding tert-OH is 1. The molecule has 1 saturated heterocycles. The van der Waals surface area contributed by atoms with Crippen molar-refractivity contribution < 1.29 is 14.8 Å². The second kappa shape index (κ2) is 4.99.